The van der Waals surface area contributed by atoms with Crippen molar-refractivity contribution in [3.05, 3.63) is 47.0 Å². The molecule has 1 aliphatic heterocycles. The SMILES string of the molecule is CC1CCCN1CCOc1ccc(NC(=O)COc2ccc(CF)cc2Cl)cc1O. The number of halogens is 2. The zero-order valence-corrected chi connectivity index (χ0v) is 17.6. The molecule has 8 heteroatoms. The van der Waals surface area contributed by atoms with Crippen LogP contribution in [0.15, 0.2) is 36.4 Å². The number of carbonyl (C=O) groups is 1. The first kappa shape index (κ1) is 22.2. The van der Waals surface area contributed by atoms with Gasteiger partial charge in [0.05, 0.1) is 5.02 Å². The van der Waals surface area contributed by atoms with Gasteiger partial charge in [0.1, 0.15) is 19.0 Å². The first-order chi connectivity index (χ1) is 14.5. The van der Waals surface area contributed by atoms with Gasteiger partial charge in [0.25, 0.3) is 5.91 Å². The van der Waals surface area contributed by atoms with Gasteiger partial charge in [-0.25, -0.2) is 4.39 Å². The number of nitrogens with one attached hydrogen (secondary N) is 1. The average Bonchev–Trinajstić information content (AvgIpc) is 3.13. The van der Waals surface area contributed by atoms with Crippen LogP contribution < -0.4 is 14.8 Å². The zero-order valence-electron chi connectivity index (χ0n) is 16.9. The van der Waals surface area contributed by atoms with Crippen LogP contribution in [0, 0.1) is 0 Å². The highest BCUT2D eigenvalue weighted by Gasteiger charge is 2.19. The lowest BCUT2D eigenvalue weighted by atomic mass is 10.2. The zero-order chi connectivity index (χ0) is 21.5. The second-order valence-electron chi connectivity index (χ2n) is 7.29. The number of phenolic OH excluding ortho intramolecular Hbond substituents is 1. The van der Waals surface area contributed by atoms with Gasteiger partial charge in [0.2, 0.25) is 0 Å². The lowest BCUT2D eigenvalue weighted by molar-refractivity contribution is -0.118. The molecule has 3 rings (SSSR count). The van der Waals surface area contributed by atoms with E-state index in [1.165, 1.54) is 31.0 Å². The van der Waals surface area contributed by atoms with E-state index in [0.717, 1.165) is 13.1 Å². The van der Waals surface area contributed by atoms with E-state index >= 15 is 0 Å². The Hall–Kier alpha value is -2.51. The number of amides is 1. The van der Waals surface area contributed by atoms with Crippen LogP contribution >= 0.6 is 11.6 Å². The minimum Gasteiger partial charge on any atom is -0.504 e. The largest absolute Gasteiger partial charge is 0.504 e. The van der Waals surface area contributed by atoms with Gasteiger partial charge in [-0.2, -0.15) is 0 Å². The number of likely N-dealkylation sites (tertiary alicyclic amines) is 1. The highest BCUT2D eigenvalue weighted by atomic mass is 35.5. The second kappa shape index (κ2) is 10.5. The highest BCUT2D eigenvalue weighted by molar-refractivity contribution is 6.32. The van der Waals surface area contributed by atoms with Crippen LogP contribution in [-0.2, 0) is 11.5 Å². The Morgan fingerprint density at radius 3 is 2.73 bits per heavy atom. The van der Waals surface area contributed by atoms with Crippen molar-refractivity contribution in [1.29, 1.82) is 0 Å². The molecule has 30 heavy (non-hydrogen) atoms. The van der Waals surface area contributed by atoms with Crippen molar-refractivity contribution in [3.8, 4) is 17.2 Å². The number of rotatable bonds is 9. The Balaban J connectivity index is 1.46. The Labute approximate surface area is 180 Å². The van der Waals surface area contributed by atoms with E-state index in [2.05, 4.69) is 17.1 Å². The fraction of sp³-hybridized carbons (Fsp3) is 0.409. The van der Waals surface area contributed by atoms with E-state index in [4.69, 9.17) is 21.1 Å². The number of benzene rings is 2. The number of aromatic hydroxyl groups is 1. The molecule has 1 amide bonds. The molecule has 6 nitrogen and oxygen atoms in total. The van der Waals surface area contributed by atoms with Crippen molar-refractivity contribution < 1.29 is 23.8 Å². The summed E-state index contributed by atoms with van der Waals surface area (Å²) in [6.45, 7) is 3.68. The van der Waals surface area contributed by atoms with E-state index in [1.54, 1.807) is 18.2 Å². The van der Waals surface area contributed by atoms with Crippen LogP contribution in [0.3, 0.4) is 0 Å². The third-order valence-electron chi connectivity index (χ3n) is 5.08. The van der Waals surface area contributed by atoms with Crippen molar-refractivity contribution in [1.82, 2.24) is 4.90 Å². The molecule has 1 heterocycles. The van der Waals surface area contributed by atoms with Crippen LogP contribution in [0.5, 0.6) is 17.2 Å². The number of nitrogens with zero attached hydrogens (tertiary/aromatic N) is 1. The fourth-order valence-electron chi connectivity index (χ4n) is 3.40. The van der Waals surface area contributed by atoms with Crippen LogP contribution in [0.25, 0.3) is 0 Å². The summed E-state index contributed by atoms with van der Waals surface area (Å²) in [6.07, 6.45) is 2.41. The van der Waals surface area contributed by atoms with Crippen molar-refractivity contribution in [2.24, 2.45) is 0 Å². The molecule has 0 saturated carbocycles. The molecule has 0 radical (unpaired) electrons. The number of phenols is 1. The monoisotopic (exact) mass is 436 g/mol. The number of ether oxygens (including phenoxy) is 2. The van der Waals surface area contributed by atoms with E-state index in [1.807, 2.05) is 0 Å². The van der Waals surface area contributed by atoms with Crippen LogP contribution in [0.1, 0.15) is 25.3 Å². The summed E-state index contributed by atoms with van der Waals surface area (Å²) < 4.78 is 23.7. The molecule has 1 unspecified atom stereocenters. The summed E-state index contributed by atoms with van der Waals surface area (Å²) in [5, 5.41) is 13.0. The van der Waals surface area contributed by atoms with Crippen molar-refractivity contribution >= 4 is 23.2 Å². The molecule has 162 valence electrons. The summed E-state index contributed by atoms with van der Waals surface area (Å²) in [4.78, 5) is 14.5. The molecular weight excluding hydrogens is 411 g/mol. The van der Waals surface area contributed by atoms with Crippen molar-refractivity contribution in [2.75, 3.05) is 31.6 Å². The van der Waals surface area contributed by atoms with E-state index in [0.29, 0.717) is 35.4 Å². The third-order valence-corrected chi connectivity index (χ3v) is 5.37. The molecule has 1 atom stereocenters. The van der Waals surface area contributed by atoms with Crippen LogP contribution in [0.4, 0.5) is 10.1 Å². The molecule has 2 N–H and O–H groups in total. The molecule has 2 aromatic carbocycles. The second-order valence-corrected chi connectivity index (χ2v) is 7.70. The quantitative estimate of drug-likeness (QED) is 0.609. The lowest BCUT2D eigenvalue weighted by Gasteiger charge is -2.21. The molecule has 0 aliphatic carbocycles. The van der Waals surface area contributed by atoms with Crippen molar-refractivity contribution in [3.63, 3.8) is 0 Å². The van der Waals surface area contributed by atoms with Crippen LogP contribution in [-0.4, -0.2) is 48.3 Å². The maximum atomic E-state index is 12.6. The normalized spacial score (nSPS) is 16.4. The van der Waals surface area contributed by atoms with E-state index in [-0.39, 0.29) is 17.4 Å². The summed E-state index contributed by atoms with van der Waals surface area (Å²) in [5.74, 6) is 0.198. The van der Waals surface area contributed by atoms with Gasteiger partial charge in [-0.05, 0) is 56.1 Å². The van der Waals surface area contributed by atoms with Gasteiger partial charge in [-0.15, -0.1) is 0 Å². The average molecular weight is 437 g/mol. The van der Waals surface area contributed by atoms with E-state index < -0.39 is 12.6 Å². The smallest absolute Gasteiger partial charge is 0.262 e. The van der Waals surface area contributed by atoms with Gasteiger partial charge in [-0.3, -0.25) is 9.69 Å². The predicted molar refractivity (Wildman–Crippen MR) is 114 cm³/mol. The maximum Gasteiger partial charge on any atom is 0.262 e. The lowest BCUT2D eigenvalue weighted by Crippen LogP contribution is -2.31. The maximum absolute atomic E-state index is 12.6. The van der Waals surface area contributed by atoms with Gasteiger partial charge < -0.3 is 19.9 Å². The molecule has 0 aromatic heterocycles. The summed E-state index contributed by atoms with van der Waals surface area (Å²) >= 11 is 6.01. The van der Waals surface area contributed by atoms with Gasteiger partial charge in [-0.1, -0.05) is 17.7 Å². The standard InChI is InChI=1S/C22H26ClFN2O4/c1-15-3-2-8-26(15)9-10-29-21-7-5-17(12-19(21)27)25-22(28)14-30-20-6-4-16(13-24)11-18(20)23/h4-7,11-12,15,27H,2-3,8-10,13-14H2,1H3,(H,25,28). The van der Waals surface area contributed by atoms with Gasteiger partial charge in [0.15, 0.2) is 18.1 Å². The first-order valence-electron chi connectivity index (χ1n) is 9.93. The number of hydrogen-bond donors (Lipinski definition) is 2. The molecule has 2 aromatic rings. The minimum atomic E-state index is -0.624. The molecule has 1 saturated heterocycles. The highest BCUT2D eigenvalue weighted by Crippen LogP contribution is 2.29. The summed E-state index contributed by atoms with van der Waals surface area (Å²) in [6, 6.07) is 9.77. The van der Waals surface area contributed by atoms with Crippen molar-refractivity contribution in [2.45, 2.75) is 32.5 Å². The molecule has 0 spiro atoms. The summed E-state index contributed by atoms with van der Waals surface area (Å²) in [7, 11) is 0. The van der Waals surface area contributed by atoms with Crippen LogP contribution in [0.2, 0.25) is 5.02 Å². The molecular formula is C22H26ClFN2O4. The third kappa shape index (κ3) is 6.00. The Bertz CT molecular complexity index is 880. The number of alkyl halides is 1. The molecule has 1 aliphatic rings. The fourth-order valence-corrected chi connectivity index (χ4v) is 3.66. The minimum absolute atomic E-state index is 0.0481. The molecule has 1 fully saturated rings. The number of anilines is 1. The predicted octanol–water partition coefficient (Wildman–Crippen LogP) is 4.40. The first-order valence-corrected chi connectivity index (χ1v) is 10.3. The Morgan fingerprint density at radius 2 is 2.07 bits per heavy atom. The summed E-state index contributed by atoms with van der Waals surface area (Å²) in [5.41, 5.74) is 0.852. The molecule has 0 bridgehead atoms. The Kier molecular flexibility index (Phi) is 7.76. The van der Waals surface area contributed by atoms with Gasteiger partial charge in [0, 0.05) is 24.3 Å². The number of hydrogen-bond acceptors (Lipinski definition) is 5. The van der Waals surface area contributed by atoms with Gasteiger partial charge >= 0.3 is 0 Å². The Morgan fingerprint density at radius 1 is 1.27 bits per heavy atom. The topological polar surface area (TPSA) is 71.0 Å². The van der Waals surface area contributed by atoms with E-state index in [9.17, 15) is 14.3 Å². The number of carbonyl (C=O) groups excluding carboxylic acids is 1.